The van der Waals surface area contributed by atoms with Crippen LogP contribution < -0.4 is 20.7 Å². The number of anilines is 3. The molecule has 0 spiro atoms. The molecule has 0 amide bonds. The number of benzene rings is 1. The predicted octanol–water partition coefficient (Wildman–Crippen LogP) is 0.935. The first kappa shape index (κ1) is 13.4. The fourth-order valence-electron chi connectivity index (χ4n) is 2.23. The first-order valence-electron chi connectivity index (χ1n) is 6.79. The van der Waals surface area contributed by atoms with Gasteiger partial charge >= 0.3 is 0 Å². The number of hydrogen-bond donors (Lipinski definition) is 2. The average Bonchev–Trinajstić information content (AvgIpc) is 2.87. The number of nitrogen functional groups attached to an aromatic ring is 1. The van der Waals surface area contributed by atoms with Crippen LogP contribution >= 0.6 is 0 Å². The van der Waals surface area contributed by atoms with E-state index in [2.05, 4.69) is 26.3 Å². The fraction of sp³-hybridized carbons (Fsp3) is 0.357. The van der Waals surface area contributed by atoms with Crippen molar-refractivity contribution in [3.8, 4) is 5.75 Å². The zero-order chi connectivity index (χ0) is 14.8. The molecule has 2 heterocycles. The van der Waals surface area contributed by atoms with Crippen molar-refractivity contribution in [1.29, 1.82) is 0 Å². The van der Waals surface area contributed by atoms with Gasteiger partial charge < -0.3 is 20.7 Å². The molecule has 7 nitrogen and oxygen atoms in total. The van der Waals surface area contributed by atoms with Crippen molar-refractivity contribution in [3.63, 3.8) is 0 Å². The minimum absolute atomic E-state index is 0.0724. The van der Waals surface area contributed by atoms with Crippen LogP contribution in [0.1, 0.15) is 5.56 Å². The van der Waals surface area contributed by atoms with Gasteiger partial charge in [-0.05, 0) is 11.6 Å². The van der Waals surface area contributed by atoms with Crippen LogP contribution in [0.2, 0.25) is 0 Å². The largest absolute Gasteiger partial charge is 0.488 e. The van der Waals surface area contributed by atoms with Gasteiger partial charge in [-0.3, -0.25) is 0 Å². The molecule has 1 atom stereocenters. The minimum atomic E-state index is 0.0724. The molecular formula is C14H18N6O. The number of fused-ring (bicyclic) bond motifs is 1. The highest BCUT2D eigenvalue weighted by atomic mass is 16.5. The Bertz CT molecular complexity index is 620. The highest BCUT2D eigenvalue weighted by molar-refractivity contribution is 5.42. The maximum Gasteiger partial charge on any atom is 0.231 e. The van der Waals surface area contributed by atoms with Crippen LogP contribution in [0.4, 0.5) is 17.8 Å². The van der Waals surface area contributed by atoms with E-state index in [4.69, 9.17) is 10.5 Å². The van der Waals surface area contributed by atoms with E-state index in [1.165, 1.54) is 5.56 Å². The first-order chi connectivity index (χ1) is 10.1. The molecule has 1 unspecified atom stereocenters. The van der Waals surface area contributed by atoms with Gasteiger partial charge in [0.25, 0.3) is 0 Å². The lowest BCUT2D eigenvalue weighted by atomic mass is 10.1. The smallest absolute Gasteiger partial charge is 0.231 e. The highest BCUT2D eigenvalue weighted by Gasteiger charge is 2.22. The molecule has 3 N–H and O–H groups in total. The van der Waals surface area contributed by atoms with E-state index in [9.17, 15) is 0 Å². The lowest BCUT2D eigenvalue weighted by molar-refractivity contribution is 0.246. The molecule has 7 heteroatoms. The summed E-state index contributed by atoms with van der Waals surface area (Å²) >= 11 is 0. The van der Waals surface area contributed by atoms with Crippen LogP contribution in [-0.4, -0.2) is 41.7 Å². The number of aromatic nitrogens is 3. The lowest BCUT2D eigenvalue weighted by Gasteiger charge is -2.14. The summed E-state index contributed by atoms with van der Waals surface area (Å²) in [5, 5.41) is 3.16. The third kappa shape index (κ3) is 2.96. The monoisotopic (exact) mass is 286 g/mol. The fourth-order valence-corrected chi connectivity index (χ4v) is 2.23. The number of nitrogens with zero attached hydrogens (tertiary/aromatic N) is 4. The Morgan fingerprint density at radius 1 is 1.29 bits per heavy atom. The van der Waals surface area contributed by atoms with Gasteiger partial charge in [0.15, 0.2) is 0 Å². The summed E-state index contributed by atoms with van der Waals surface area (Å²) in [7, 11) is 3.71. The topological polar surface area (TPSA) is 89.2 Å². The molecule has 1 aliphatic heterocycles. The molecule has 21 heavy (non-hydrogen) atoms. The molecule has 0 aliphatic carbocycles. The number of hydrogen-bond acceptors (Lipinski definition) is 7. The SMILES string of the molecule is CN(C)c1nc(N)nc(NCC2Cc3ccccc3O2)n1. The van der Waals surface area contributed by atoms with E-state index >= 15 is 0 Å². The quantitative estimate of drug-likeness (QED) is 0.864. The van der Waals surface area contributed by atoms with Crippen LogP contribution in [0, 0.1) is 0 Å². The zero-order valence-electron chi connectivity index (χ0n) is 12.1. The number of nitrogens with two attached hydrogens (primary N) is 1. The molecular weight excluding hydrogens is 268 g/mol. The van der Waals surface area contributed by atoms with Crippen molar-refractivity contribution in [2.75, 3.05) is 36.6 Å². The van der Waals surface area contributed by atoms with Crippen LogP contribution in [0.3, 0.4) is 0 Å². The number of para-hydroxylation sites is 1. The van der Waals surface area contributed by atoms with Gasteiger partial charge in [0, 0.05) is 20.5 Å². The average molecular weight is 286 g/mol. The standard InChI is InChI=1S/C14H18N6O/c1-20(2)14-18-12(15)17-13(19-14)16-8-10-7-9-5-3-4-6-11(9)21-10/h3-6,10H,7-8H2,1-2H3,(H3,15,16,17,18,19). The predicted molar refractivity (Wildman–Crippen MR) is 81.6 cm³/mol. The Morgan fingerprint density at radius 3 is 2.86 bits per heavy atom. The lowest BCUT2D eigenvalue weighted by Crippen LogP contribution is -2.25. The molecule has 1 aliphatic rings. The molecule has 0 bridgehead atoms. The highest BCUT2D eigenvalue weighted by Crippen LogP contribution is 2.28. The van der Waals surface area contributed by atoms with Gasteiger partial charge in [0.2, 0.25) is 17.8 Å². The zero-order valence-corrected chi connectivity index (χ0v) is 12.1. The normalized spacial score (nSPS) is 16.2. The molecule has 1 aromatic heterocycles. The van der Waals surface area contributed by atoms with Crippen molar-refractivity contribution >= 4 is 17.8 Å². The van der Waals surface area contributed by atoms with Crippen LogP contribution in [0.15, 0.2) is 24.3 Å². The van der Waals surface area contributed by atoms with E-state index in [0.717, 1.165) is 12.2 Å². The summed E-state index contributed by atoms with van der Waals surface area (Å²) < 4.78 is 5.86. The van der Waals surface area contributed by atoms with Crippen molar-refractivity contribution in [1.82, 2.24) is 15.0 Å². The van der Waals surface area contributed by atoms with Crippen molar-refractivity contribution in [3.05, 3.63) is 29.8 Å². The summed E-state index contributed by atoms with van der Waals surface area (Å²) in [5.74, 6) is 2.15. The maximum absolute atomic E-state index is 5.86. The second kappa shape index (κ2) is 5.43. The number of nitrogens with one attached hydrogen (secondary N) is 1. The third-order valence-electron chi connectivity index (χ3n) is 3.24. The Hall–Kier alpha value is -2.57. The number of ether oxygens (including phenoxy) is 1. The summed E-state index contributed by atoms with van der Waals surface area (Å²) in [4.78, 5) is 14.2. The second-order valence-corrected chi connectivity index (χ2v) is 5.14. The number of rotatable bonds is 4. The van der Waals surface area contributed by atoms with Gasteiger partial charge in [-0.25, -0.2) is 0 Å². The van der Waals surface area contributed by atoms with E-state index in [-0.39, 0.29) is 12.1 Å². The molecule has 0 radical (unpaired) electrons. The van der Waals surface area contributed by atoms with Crippen LogP contribution in [-0.2, 0) is 6.42 Å². The minimum Gasteiger partial charge on any atom is -0.488 e. The Morgan fingerprint density at radius 2 is 2.10 bits per heavy atom. The van der Waals surface area contributed by atoms with Crippen LogP contribution in [0.25, 0.3) is 0 Å². The van der Waals surface area contributed by atoms with Gasteiger partial charge in [-0.2, -0.15) is 15.0 Å². The summed E-state index contributed by atoms with van der Waals surface area (Å²) in [5.41, 5.74) is 6.92. The third-order valence-corrected chi connectivity index (χ3v) is 3.24. The molecule has 0 saturated carbocycles. The molecule has 110 valence electrons. The Kier molecular flexibility index (Phi) is 3.47. The molecule has 0 saturated heterocycles. The summed E-state index contributed by atoms with van der Waals surface area (Å²) in [6.45, 7) is 0.616. The second-order valence-electron chi connectivity index (χ2n) is 5.14. The summed E-state index contributed by atoms with van der Waals surface area (Å²) in [6.07, 6.45) is 0.952. The van der Waals surface area contributed by atoms with Gasteiger partial charge in [-0.15, -0.1) is 0 Å². The molecule has 1 aromatic carbocycles. The molecule has 0 fully saturated rings. The van der Waals surface area contributed by atoms with Crippen molar-refractivity contribution in [2.45, 2.75) is 12.5 Å². The van der Waals surface area contributed by atoms with Crippen molar-refractivity contribution in [2.24, 2.45) is 0 Å². The van der Waals surface area contributed by atoms with Crippen LogP contribution in [0.5, 0.6) is 5.75 Å². The first-order valence-corrected chi connectivity index (χ1v) is 6.79. The van der Waals surface area contributed by atoms with E-state index < -0.39 is 0 Å². The van der Waals surface area contributed by atoms with Crippen molar-refractivity contribution < 1.29 is 4.74 Å². The summed E-state index contributed by atoms with van der Waals surface area (Å²) in [6, 6.07) is 8.07. The van der Waals surface area contributed by atoms with E-state index in [1.807, 2.05) is 32.3 Å². The molecule has 3 rings (SSSR count). The Balaban J connectivity index is 1.64. The van der Waals surface area contributed by atoms with Gasteiger partial charge in [-0.1, -0.05) is 18.2 Å². The van der Waals surface area contributed by atoms with E-state index in [1.54, 1.807) is 4.90 Å². The van der Waals surface area contributed by atoms with Gasteiger partial charge in [0.1, 0.15) is 11.9 Å². The van der Waals surface area contributed by atoms with Gasteiger partial charge in [0.05, 0.1) is 6.54 Å². The Labute approximate surface area is 123 Å². The maximum atomic E-state index is 5.86. The van der Waals surface area contributed by atoms with E-state index in [0.29, 0.717) is 18.4 Å². The molecule has 2 aromatic rings.